The topological polar surface area (TPSA) is 86.1 Å². The molecule has 1 atom stereocenters. The Morgan fingerprint density at radius 1 is 1.00 bits per heavy atom. The number of nitrogens with one attached hydrogen (secondary N) is 1. The molecule has 1 aromatic heterocycles. The van der Waals surface area contributed by atoms with E-state index < -0.39 is 0 Å². The van der Waals surface area contributed by atoms with E-state index >= 15 is 0 Å². The Morgan fingerprint density at radius 3 is 2.55 bits per heavy atom. The van der Waals surface area contributed by atoms with Crippen molar-refractivity contribution in [3.63, 3.8) is 0 Å². The minimum atomic E-state index is -0.270. The van der Waals surface area contributed by atoms with E-state index in [0.717, 1.165) is 18.7 Å². The highest BCUT2D eigenvalue weighted by atomic mass is 16.6. The average Bonchev–Trinajstić information content (AvgIpc) is 3.36. The van der Waals surface area contributed by atoms with Crippen LogP contribution >= 0.6 is 0 Å². The number of amides is 1. The van der Waals surface area contributed by atoms with E-state index in [0.29, 0.717) is 50.2 Å². The monoisotopic (exact) mass is 449 g/mol. The Morgan fingerprint density at radius 2 is 1.76 bits per heavy atom. The standard InChI is InChI=1S/C25H27N3O5/c1-17-2-4-18(5-3-17)21(28-8-10-30-11-9-28)16-26-25(29)20-15-23(33-27-20)19-6-7-22-24(14-19)32-13-12-31-22/h2-7,14-15,21H,8-13,16H2,1H3,(H,26,29). The Balaban J connectivity index is 1.28. The zero-order chi connectivity index (χ0) is 22.6. The fraction of sp³-hybridized carbons (Fsp3) is 0.360. The quantitative estimate of drug-likeness (QED) is 0.618. The molecule has 2 aliphatic rings. The highest BCUT2D eigenvalue weighted by molar-refractivity contribution is 5.93. The van der Waals surface area contributed by atoms with Gasteiger partial charge in [0.2, 0.25) is 0 Å². The summed E-state index contributed by atoms with van der Waals surface area (Å²) in [5.41, 5.74) is 3.39. The van der Waals surface area contributed by atoms with Crippen LogP contribution in [-0.4, -0.2) is 62.0 Å². The van der Waals surface area contributed by atoms with Gasteiger partial charge in [-0.2, -0.15) is 0 Å². The summed E-state index contributed by atoms with van der Waals surface area (Å²) in [4.78, 5) is 15.2. The number of rotatable bonds is 6. The smallest absolute Gasteiger partial charge is 0.273 e. The summed E-state index contributed by atoms with van der Waals surface area (Å²) in [6.45, 7) is 6.61. The number of aryl methyl sites for hydroxylation is 1. The van der Waals surface area contributed by atoms with Crippen LogP contribution in [-0.2, 0) is 4.74 Å². The summed E-state index contributed by atoms with van der Waals surface area (Å²) in [6, 6.07) is 15.7. The molecule has 1 unspecified atom stereocenters. The minimum absolute atomic E-state index is 0.0580. The molecule has 8 heteroatoms. The molecule has 0 bridgehead atoms. The number of carbonyl (C=O) groups is 1. The largest absolute Gasteiger partial charge is 0.486 e. The van der Waals surface area contributed by atoms with Gasteiger partial charge in [0, 0.05) is 31.3 Å². The van der Waals surface area contributed by atoms with E-state index in [9.17, 15) is 4.79 Å². The number of nitrogens with zero attached hydrogens (tertiary/aromatic N) is 2. The van der Waals surface area contributed by atoms with Gasteiger partial charge in [-0.05, 0) is 30.7 Å². The first-order valence-corrected chi connectivity index (χ1v) is 11.2. The van der Waals surface area contributed by atoms with Crippen molar-refractivity contribution < 1.29 is 23.5 Å². The summed E-state index contributed by atoms with van der Waals surface area (Å²) in [7, 11) is 0. The number of aromatic nitrogens is 1. The highest BCUT2D eigenvalue weighted by Gasteiger charge is 2.24. The van der Waals surface area contributed by atoms with Gasteiger partial charge in [-0.15, -0.1) is 0 Å². The van der Waals surface area contributed by atoms with E-state index in [4.69, 9.17) is 18.7 Å². The number of benzene rings is 2. The van der Waals surface area contributed by atoms with Crippen molar-refractivity contribution in [1.29, 1.82) is 0 Å². The second kappa shape index (κ2) is 9.64. The fourth-order valence-corrected chi connectivity index (χ4v) is 4.13. The Kier molecular flexibility index (Phi) is 6.28. The lowest BCUT2D eigenvalue weighted by Gasteiger charge is -2.35. The number of morpholine rings is 1. The first kappa shape index (κ1) is 21.5. The predicted octanol–water partition coefficient (Wildman–Crippen LogP) is 3.22. The van der Waals surface area contributed by atoms with E-state index in [1.54, 1.807) is 6.07 Å². The number of fused-ring (bicyclic) bond motifs is 1. The van der Waals surface area contributed by atoms with Gasteiger partial charge < -0.3 is 24.1 Å². The maximum absolute atomic E-state index is 12.9. The van der Waals surface area contributed by atoms with Crippen LogP contribution in [0.3, 0.4) is 0 Å². The van der Waals surface area contributed by atoms with Crippen molar-refractivity contribution >= 4 is 5.91 Å². The van der Waals surface area contributed by atoms with E-state index in [-0.39, 0.29) is 17.6 Å². The second-order valence-electron chi connectivity index (χ2n) is 8.22. The zero-order valence-corrected chi connectivity index (χ0v) is 18.6. The van der Waals surface area contributed by atoms with E-state index in [1.807, 2.05) is 18.2 Å². The summed E-state index contributed by atoms with van der Waals surface area (Å²) in [5, 5.41) is 7.02. The molecule has 5 rings (SSSR count). The molecule has 172 valence electrons. The average molecular weight is 450 g/mol. The van der Waals surface area contributed by atoms with Crippen LogP contribution in [0.15, 0.2) is 53.1 Å². The van der Waals surface area contributed by atoms with Gasteiger partial charge in [0.25, 0.3) is 5.91 Å². The van der Waals surface area contributed by atoms with Gasteiger partial charge in [-0.25, -0.2) is 0 Å². The lowest BCUT2D eigenvalue weighted by molar-refractivity contribution is 0.0162. The van der Waals surface area contributed by atoms with Crippen LogP contribution in [0.25, 0.3) is 11.3 Å². The Hall–Kier alpha value is -3.36. The van der Waals surface area contributed by atoms with Crippen molar-refractivity contribution in [3.8, 4) is 22.8 Å². The highest BCUT2D eigenvalue weighted by Crippen LogP contribution is 2.34. The maximum Gasteiger partial charge on any atom is 0.273 e. The number of hydrogen-bond donors (Lipinski definition) is 1. The van der Waals surface area contributed by atoms with Crippen LogP contribution in [0.4, 0.5) is 0 Å². The molecule has 1 amide bonds. The SMILES string of the molecule is Cc1ccc(C(CNC(=O)c2cc(-c3ccc4c(c3)OCCO4)on2)N2CCOCC2)cc1. The zero-order valence-electron chi connectivity index (χ0n) is 18.6. The normalized spacial score (nSPS) is 16.9. The molecule has 1 saturated heterocycles. The molecule has 1 fully saturated rings. The van der Waals surface area contributed by atoms with E-state index in [2.05, 4.69) is 46.6 Å². The molecular formula is C25H27N3O5. The molecule has 1 N–H and O–H groups in total. The first-order chi connectivity index (χ1) is 16.2. The Bertz CT molecular complexity index is 1110. The van der Waals surface area contributed by atoms with E-state index in [1.165, 1.54) is 11.1 Å². The molecule has 3 heterocycles. The lowest BCUT2D eigenvalue weighted by Crippen LogP contribution is -2.43. The van der Waals surface area contributed by atoms with Gasteiger partial charge in [-0.1, -0.05) is 35.0 Å². The summed E-state index contributed by atoms with van der Waals surface area (Å²) < 4.78 is 22.2. The van der Waals surface area contributed by atoms with Crippen LogP contribution in [0.1, 0.15) is 27.7 Å². The minimum Gasteiger partial charge on any atom is -0.486 e. The van der Waals surface area contributed by atoms with Crippen molar-refractivity contribution in [2.75, 3.05) is 46.1 Å². The van der Waals surface area contributed by atoms with Gasteiger partial charge >= 0.3 is 0 Å². The third kappa shape index (κ3) is 4.86. The van der Waals surface area contributed by atoms with Crippen molar-refractivity contribution in [3.05, 3.63) is 65.4 Å². The fourth-order valence-electron chi connectivity index (χ4n) is 4.13. The lowest BCUT2D eigenvalue weighted by atomic mass is 10.0. The second-order valence-corrected chi connectivity index (χ2v) is 8.22. The van der Waals surface area contributed by atoms with Crippen molar-refractivity contribution in [2.24, 2.45) is 0 Å². The van der Waals surface area contributed by atoms with Crippen molar-refractivity contribution in [2.45, 2.75) is 13.0 Å². The maximum atomic E-state index is 12.9. The van der Waals surface area contributed by atoms with Crippen molar-refractivity contribution in [1.82, 2.24) is 15.4 Å². The third-order valence-corrected chi connectivity index (χ3v) is 5.97. The predicted molar refractivity (Wildman–Crippen MR) is 122 cm³/mol. The van der Waals surface area contributed by atoms with Crippen LogP contribution < -0.4 is 14.8 Å². The molecule has 33 heavy (non-hydrogen) atoms. The number of ether oxygens (including phenoxy) is 3. The van der Waals surface area contributed by atoms with Gasteiger partial charge in [-0.3, -0.25) is 9.69 Å². The molecule has 2 aliphatic heterocycles. The van der Waals surface area contributed by atoms with Crippen LogP contribution in [0.5, 0.6) is 11.5 Å². The summed E-state index contributed by atoms with van der Waals surface area (Å²) in [5.74, 6) is 1.59. The first-order valence-electron chi connectivity index (χ1n) is 11.2. The molecule has 0 aliphatic carbocycles. The number of hydrogen-bond acceptors (Lipinski definition) is 7. The Labute approximate surface area is 192 Å². The van der Waals surface area contributed by atoms with Crippen LogP contribution in [0.2, 0.25) is 0 Å². The molecule has 0 spiro atoms. The van der Waals surface area contributed by atoms with Gasteiger partial charge in [0.15, 0.2) is 23.0 Å². The molecule has 0 radical (unpaired) electrons. The van der Waals surface area contributed by atoms with Gasteiger partial charge in [0.05, 0.1) is 19.3 Å². The third-order valence-electron chi connectivity index (χ3n) is 5.97. The van der Waals surface area contributed by atoms with Gasteiger partial charge in [0.1, 0.15) is 13.2 Å². The number of carbonyl (C=O) groups excluding carboxylic acids is 1. The molecule has 3 aromatic rings. The van der Waals surface area contributed by atoms with Crippen LogP contribution in [0, 0.1) is 6.92 Å². The molecule has 8 nitrogen and oxygen atoms in total. The molecular weight excluding hydrogens is 422 g/mol. The molecule has 2 aromatic carbocycles. The summed E-state index contributed by atoms with van der Waals surface area (Å²) >= 11 is 0. The molecule has 0 saturated carbocycles. The summed E-state index contributed by atoms with van der Waals surface area (Å²) in [6.07, 6.45) is 0.